The number of H-pyrrole nitrogens is 1. The maximum atomic E-state index is 13.2. The smallest absolute Gasteiger partial charge is 0.253 e. The van der Waals surface area contributed by atoms with Crippen molar-refractivity contribution in [3.63, 3.8) is 0 Å². The van der Waals surface area contributed by atoms with Gasteiger partial charge in [0, 0.05) is 18.7 Å². The van der Waals surface area contributed by atoms with Crippen molar-refractivity contribution in [2.75, 3.05) is 26.2 Å². The molecule has 0 saturated carbocycles. The first kappa shape index (κ1) is 22.8. The molecule has 2 amide bonds. The predicted octanol–water partition coefficient (Wildman–Crippen LogP) is 3.93. The highest BCUT2D eigenvalue weighted by Crippen LogP contribution is 2.31. The van der Waals surface area contributed by atoms with Gasteiger partial charge in [0.25, 0.3) is 5.91 Å². The Kier molecular flexibility index (Phi) is 6.40. The number of likely N-dealkylation sites (tertiary alicyclic amines) is 1. The van der Waals surface area contributed by atoms with Gasteiger partial charge in [-0.2, -0.15) is 0 Å². The van der Waals surface area contributed by atoms with Crippen LogP contribution in [0.15, 0.2) is 36.4 Å². The summed E-state index contributed by atoms with van der Waals surface area (Å²) in [5.41, 5.74) is 4.08. The van der Waals surface area contributed by atoms with Gasteiger partial charge in [0.1, 0.15) is 18.2 Å². The Morgan fingerprint density at radius 1 is 1.15 bits per heavy atom. The van der Waals surface area contributed by atoms with Crippen LogP contribution >= 0.6 is 0 Å². The molecule has 3 aromatic rings. The number of imidazole rings is 1. The van der Waals surface area contributed by atoms with E-state index in [9.17, 15) is 9.59 Å². The fraction of sp³-hybridized carbons (Fsp3) is 0.423. The van der Waals surface area contributed by atoms with Crippen LogP contribution in [0.5, 0.6) is 5.75 Å². The van der Waals surface area contributed by atoms with Gasteiger partial charge in [0.15, 0.2) is 0 Å². The maximum absolute atomic E-state index is 13.2. The van der Waals surface area contributed by atoms with Crippen LogP contribution in [-0.2, 0) is 4.79 Å². The van der Waals surface area contributed by atoms with Gasteiger partial charge in [-0.3, -0.25) is 9.59 Å². The molecule has 1 fully saturated rings. The van der Waals surface area contributed by atoms with Crippen LogP contribution in [0.4, 0.5) is 0 Å². The number of carbonyl (C=O) groups excluding carboxylic acids is 2. The molecular formula is C26H32N4O3. The van der Waals surface area contributed by atoms with E-state index >= 15 is 0 Å². The third-order valence-corrected chi connectivity index (χ3v) is 6.51. The first-order chi connectivity index (χ1) is 15.7. The third-order valence-electron chi connectivity index (χ3n) is 6.51. The van der Waals surface area contributed by atoms with Gasteiger partial charge in [-0.05, 0) is 82.0 Å². The summed E-state index contributed by atoms with van der Waals surface area (Å²) in [7, 11) is 0. The second kappa shape index (κ2) is 9.25. The fourth-order valence-corrected chi connectivity index (χ4v) is 4.40. The summed E-state index contributed by atoms with van der Waals surface area (Å²) in [5.74, 6) is 1.53. The van der Waals surface area contributed by atoms with Gasteiger partial charge in [-0.1, -0.05) is 6.07 Å². The van der Waals surface area contributed by atoms with Gasteiger partial charge in [0.2, 0.25) is 5.91 Å². The zero-order valence-electron chi connectivity index (χ0n) is 19.8. The Hall–Kier alpha value is -3.35. The summed E-state index contributed by atoms with van der Waals surface area (Å²) in [6.07, 6.45) is 1.54. The number of aromatic nitrogens is 2. The van der Waals surface area contributed by atoms with Gasteiger partial charge in [-0.15, -0.1) is 0 Å². The molecule has 2 heterocycles. The maximum Gasteiger partial charge on any atom is 0.253 e. The van der Waals surface area contributed by atoms with Crippen LogP contribution in [-0.4, -0.2) is 52.9 Å². The fourth-order valence-electron chi connectivity index (χ4n) is 4.40. The summed E-state index contributed by atoms with van der Waals surface area (Å²) in [4.78, 5) is 35.5. The number of nitrogens with one attached hydrogen (secondary N) is 2. The molecule has 1 aliphatic rings. The average Bonchev–Trinajstić information content (AvgIpc) is 3.17. The molecule has 0 bridgehead atoms. The van der Waals surface area contributed by atoms with Crippen molar-refractivity contribution in [1.29, 1.82) is 0 Å². The van der Waals surface area contributed by atoms with Crippen molar-refractivity contribution in [3.05, 3.63) is 58.9 Å². The summed E-state index contributed by atoms with van der Waals surface area (Å²) in [5, 5.41) is 3.00. The van der Waals surface area contributed by atoms with E-state index in [4.69, 9.17) is 4.74 Å². The van der Waals surface area contributed by atoms with Crippen LogP contribution in [0, 0.1) is 26.2 Å². The molecule has 7 nitrogen and oxygen atoms in total. The van der Waals surface area contributed by atoms with E-state index in [-0.39, 0.29) is 11.8 Å². The lowest BCUT2D eigenvalue weighted by molar-refractivity contribution is -0.132. The molecule has 1 atom stereocenters. The number of benzene rings is 2. The van der Waals surface area contributed by atoms with Gasteiger partial charge >= 0.3 is 0 Å². The van der Waals surface area contributed by atoms with E-state index in [1.165, 1.54) is 11.1 Å². The molecule has 0 unspecified atom stereocenters. The van der Waals surface area contributed by atoms with Crippen LogP contribution in [0.1, 0.15) is 47.1 Å². The highest BCUT2D eigenvalue weighted by molar-refractivity contribution is 5.98. The minimum absolute atomic E-state index is 0.0386. The average molecular weight is 449 g/mol. The summed E-state index contributed by atoms with van der Waals surface area (Å²) in [6, 6.07) is 11.5. The molecule has 0 aliphatic carbocycles. The molecule has 2 N–H and O–H groups in total. The minimum Gasteiger partial charge on any atom is -0.492 e. The van der Waals surface area contributed by atoms with Crippen LogP contribution in [0.25, 0.3) is 11.0 Å². The number of aryl methyl sites for hydroxylation is 3. The van der Waals surface area contributed by atoms with Crippen LogP contribution in [0.2, 0.25) is 0 Å². The lowest BCUT2D eigenvalue weighted by Gasteiger charge is -2.39. The molecule has 7 heteroatoms. The summed E-state index contributed by atoms with van der Waals surface area (Å²) < 4.78 is 5.78. The summed E-state index contributed by atoms with van der Waals surface area (Å²) in [6.45, 7) is 9.81. The van der Waals surface area contributed by atoms with Crippen molar-refractivity contribution >= 4 is 22.8 Å². The Morgan fingerprint density at radius 2 is 1.97 bits per heavy atom. The number of hydrogen-bond donors (Lipinski definition) is 2. The first-order valence-electron chi connectivity index (χ1n) is 11.5. The van der Waals surface area contributed by atoms with Gasteiger partial charge in [-0.25, -0.2) is 4.98 Å². The zero-order chi connectivity index (χ0) is 23.6. The Morgan fingerprint density at radius 3 is 2.76 bits per heavy atom. The Balaban J connectivity index is 1.33. The number of carbonyl (C=O) groups is 2. The van der Waals surface area contributed by atoms with Crippen LogP contribution in [0.3, 0.4) is 0 Å². The normalized spacial score (nSPS) is 18.4. The molecule has 1 aliphatic heterocycles. The number of nitrogens with zero attached hydrogens (tertiary/aromatic N) is 2. The van der Waals surface area contributed by atoms with Gasteiger partial charge < -0.3 is 19.9 Å². The highest BCUT2D eigenvalue weighted by Gasteiger charge is 2.39. The van der Waals surface area contributed by atoms with E-state index in [0.717, 1.165) is 35.4 Å². The number of piperidine rings is 1. The van der Waals surface area contributed by atoms with Crippen molar-refractivity contribution in [2.45, 2.75) is 40.5 Å². The molecule has 33 heavy (non-hydrogen) atoms. The molecular weight excluding hydrogens is 416 g/mol. The molecule has 4 rings (SSSR count). The quantitative estimate of drug-likeness (QED) is 0.560. The first-order valence-corrected chi connectivity index (χ1v) is 11.5. The number of aromatic amines is 1. The van der Waals surface area contributed by atoms with E-state index in [1.54, 1.807) is 11.0 Å². The molecule has 2 aromatic carbocycles. The second-order valence-electron chi connectivity index (χ2n) is 9.30. The van der Waals surface area contributed by atoms with Crippen molar-refractivity contribution in [2.24, 2.45) is 5.41 Å². The second-order valence-corrected chi connectivity index (χ2v) is 9.30. The molecule has 0 radical (unpaired) electrons. The monoisotopic (exact) mass is 448 g/mol. The molecule has 1 aromatic heterocycles. The lowest BCUT2D eigenvalue weighted by Crippen LogP contribution is -2.52. The topological polar surface area (TPSA) is 87.3 Å². The van der Waals surface area contributed by atoms with Crippen molar-refractivity contribution < 1.29 is 14.3 Å². The number of ether oxygens (including phenoxy) is 1. The number of fused-ring (bicyclic) bond motifs is 1. The molecule has 174 valence electrons. The number of rotatable bonds is 6. The van der Waals surface area contributed by atoms with E-state index in [0.29, 0.717) is 31.8 Å². The van der Waals surface area contributed by atoms with Crippen molar-refractivity contribution in [1.82, 2.24) is 20.2 Å². The third kappa shape index (κ3) is 5.02. The minimum atomic E-state index is -0.622. The standard InChI is InChI=1S/C26H32N4O3/c1-17-6-8-21(14-18(17)2)33-13-11-27-25(32)26(4)10-5-12-30(16-26)24(31)20-7-9-22-23(15-20)29-19(3)28-22/h6-9,14-15H,5,10-13,16H2,1-4H3,(H,27,32)(H,28,29)/t26-/m0/s1. The molecule has 0 spiro atoms. The Labute approximate surface area is 194 Å². The van der Waals surface area contributed by atoms with Crippen molar-refractivity contribution in [3.8, 4) is 5.75 Å². The van der Waals surface area contributed by atoms with Gasteiger partial charge in [0.05, 0.1) is 23.0 Å². The molecule has 1 saturated heterocycles. The van der Waals surface area contributed by atoms with E-state index < -0.39 is 5.41 Å². The van der Waals surface area contributed by atoms with E-state index in [1.807, 2.05) is 44.2 Å². The number of hydrogen-bond acceptors (Lipinski definition) is 4. The Bertz CT molecular complexity index is 1190. The van der Waals surface area contributed by atoms with E-state index in [2.05, 4.69) is 29.1 Å². The lowest BCUT2D eigenvalue weighted by atomic mass is 9.80. The summed E-state index contributed by atoms with van der Waals surface area (Å²) >= 11 is 0. The number of amides is 2. The zero-order valence-corrected chi connectivity index (χ0v) is 19.8. The SMILES string of the molecule is Cc1nc2ccc(C(=O)N3CCC[C@](C)(C(=O)NCCOc4ccc(C)c(C)c4)C3)cc2[nH]1. The largest absolute Gasteiger partial charge is 0.492 e. The van der Waals surface area contributed by atoms with Crippen LogP contribution < -0.4 is 10.1 Å². The predicted molar refractivity (Wildman–Crippen MR) is 128 cm³/mol. The highest BCUT2D eigenvalue weighted by atomic mass is 16.5.